The third-order valence-electron chi connectivity index (χ3n) is 7.62. The fourth-order valence-electron chi connectivity index (χ4n) is 4.89. The number of hydrogen-bond acceptors (Lipinski definition) is 8. The van der Waals surface area contributed by atoms with E-state index in [9.17, 15) is 9.59 Å². The van der Waals surface area contributed by atoms with E-state index in [0.717, 1.165) is 49.4 Å². The molecule has 1 fully saturated rings. The average Bonchev–Trinajstić information content (AvgIpc) is 3.40. The van der Waals surface area contributed by atoms with Crippen LogP contribution in [0.25, 0.3) is 5.69 Å². The molecule has 0 aliphatic carbocycles. The highest BCUT2D eigenvalue weighted by Crippen LogP contribution is 2.36. The van der Waals surface area contributed by atoms with Crippen LogP contribution in [0.3, 0.4) is 0 Å². The van der Waals surface area contributed by atoms with Crippen LogP contribution < -0.4 is 20.1 Å². The maximum Gasteiger partial charge on any atom is 0.414 e. The first kappa shape index (κ1) is 32.9. The molecule has 238 valence electrons. The minimum absolute atomic E-state index is 0.0577. The Morgan fingerprint density at radius 2 is 1.70 bits per heavy atom. The largest absolute Gasteiger partial charge is 0.494 e. The van der Waals surface area contributed by atoms with Gasteiger partial charge in [-0.2, -0.15) is 0 Å². The molecule has 2 N–H and O–H groups in total. The van der Waals surface area contributed by atoms with Gasteiger partial charge >= 0.3 is 6.09 Å². The van der Waals surface area contributed by atoms with Gasteiger partial charge in [0.05, 0.1) is 24.7 Å². The Labute approximate surface area is 260 Å². The van der Waals surface area contributed by atoms with E-state index in [4.69, 9.17) is 9.47 Å². The molecule has 1 aliphatic heterocycles. The van der Waals surface area contributed by atoms with Gasteiger partial charge in [-0.3, -0.25) is 9.69 Å². The normalized spacial score (nSPS) is 14.8. The molecule has 44 heavy (non-hydrogen) atoms. The first-order valence-electron chi connectivity index (χ1n) is 15.1. The maximum atomic E-state index is 13.7. The number of carbonyl (C=O) groups excluding carboxylic acids is 2. The lowest BCUT2D eigenvalue weighted by Gasteiger charge is -2.33. The lowest BCUT2D eigenvalue weighted by molar-refractivity contribution is 0.102. The van der Waals surface area contributed by atoms with Crippen molar-refractivity contribution in [2.24, 2.45) is 5.41 Å². The zero-order chi connectivity index (χ0) is 32.2. The zero-order valence-corrected chi connectivity index (χ0v) is 27.6. The molecule has 11 heteroatoms. The molecule has 11 nitrogen and oxygen atoms in total. The Bertz CT molecular complexity index is 1480. The lowest BCUT2D eigenvalue weighted by atomic mass is 9.85. The smallest absolute Gasteiger partial charge is 0.414 e. The second kappa shape index (κ2) is 13.4. The van der Waals surface area contributed by atoms with Crippen molar-refractivity contribution in [3.63, 3.8) is 0 Å². The summed E-state index contributed by atoms with van der Waals surface area (Å²) in [5, 5.41) is 14.0. The number of hydrogen-bond donors (Lipinski definition) is 2. The van der Waals surface area contributed by atoms with Crippen LogP contribution in [-0.4, -0.2) is 83.7 Å². The molecular weight excluding hydrogens is 558 g/mol. The predicted molar refractivity (Wildman–Crippen MR) is 172 cm³/mol. The standard InChI is InChI=1S/C33H47N7O4/c1-22-10-11-23(17-27(22)40-20-28(36-37-40)44-31(42)34-21-32(2,3)4)30(41)35-26-18-25(33(5,6)7)16-24(29(26)43-9)19-39-14-12-38(8)13-15-39/h10-11,16-18,20H,12-15,19,21H2,1-9H3,(H,34,42)(H,35,41). The monoisotopic (exact) mass is 605 g/mol. The van der Waals surface area contributed by atoms with Gasteiger partial charge in [0.25, 0.3) is 11.8 Å². The van der Waals surface area contributed by atoms with Crippen molar-refractivity contribution in [3.05, 3.63) is 58.8 Å². The molecule has 2 amide bonds. The summed E-state index contributed by atoms with van der Waals surface area (Å²) in [5.74, 6) is 0.446. The molecule has 1 aliphatic rings. The molecule has 1 saturated heterocycles. The predicted octanol–water partition coefficient (Wildman–Crippen LogP) is 5.02. The average molecular weight is 606 g/mol. The van der Waals surface area contributed by atoms with Crippen LogP contribution in [0, 0.1) is 12.3 Å². The Balaban J connectivity index is 1.57. The Morgan fingerprint density at radius 1 is 1.00 bits per heavy atom. The molecule has 2 heterocycles. The van der Waals surface area contributed by atoms with Crippen LogP contribution in [0.15, 0.2) is 36.5 Å². The Morgan fingerprint density at radius 3 is 2.34 bits per heavy atom. The second-order valence-electron chi connectivity index (χ2n) is 13.8. The molecule has 0 atom stereocenters. The van der Waals surface area contributed by atoms with Gasteiger partial charge in [-0.1, -0.05) is 64.0 Å². The van der Waals surface area contributed by atoms with E-state index in [0.29, 0.717) is 29.2 Å². The molecule has 0 unspecified atom stereocenters. The van der Waals surface area contributed by atoms with Crippen molar-refractivity contribution >= 4 is 17.7 Å². The Hall–Kier alpha value is -3.96. The number of ether oxygens (including phenoxy) is 2. The number of nitrogens with one attached hydrogen (secondary N) is 2. The van der Waals surface area contributed by atoms with Crippen LogP contribution >= 0.6 is 0 Å². The van der Waals surface area contributed by atoms with Crippen LogP contribution in [0.2, 0.25) is 0 Å². The number of carbonyl (C=O) groups is 2. The fourth-order valence-corrected chi connectivity index (χ4v) is 4.89. The van der Waals surface area contributed by atoms with E-state index in [-0.39, 0.29) is 22.6 Å². The summed E-state index contributed by atoms with van der Waals surface area (Å²) in [4.78, 5) is 30.6. The van der Waals surface area contributed by atoms with Crippen molar-refractivity contribution in [2.45, 2.75) is 60.4 Å². The van der Waals surface area contributed by atoms with Crippen molar-refractivity contribution < 1.29 is 19.1 Å². The van der Waals surface area contributed by atoms with Crippen molar-refractivity contribution in [3.8, 4) is 17.3 Å². The molecule has 2 aromatic carbocycles. The highest BCUT2D eigenvalue weighted by Gasteiger charge is 2.24. The van der Waals surface area contributed by atoms with Crippen molar-refractivity contribution in [1.29, 1.82) is 0 Å². The van der Waals surface area contributed by atoms with E-state index in [1.54, 1.807) is 19.2 Å². The highest BCUT2D eigenvalue weighted by atomic mass is 16.6. The van der Waals surface area contributed by atoms with Crippen LogP contribution in [0.4, 0.5) is 10.5 Å². The number of aromatic nitrogens is 3. The van der Waals surface area contributed by atoms with E-state index >= 15 is 0 Å². The molecule has 0 spiro atoms. The summed E-state index contributed by atoms with van der Waals surface area (Å²) in [6, 6.07) is 9.57. The lowest BCUT2D eigenvalue weighted by Crippen LogP contribution is -2.44. The summed E-state index contributed by atoms with van der Waals surface area (Å²) >= 11 is 0. The summed E-state index contributed by atoms with van der Waals surface area (Å²) in [5.41, 5.74) is 4.53. The number of benzene rings is 2. The van der Waals surface area contributed by atoms with Gasteiger partial charge in [-0.25, -0.2) is 9.48 Å². The number of likely N-dealkylation sites (N-methyl/N-ethyl adjacent to an activating group) is 1. The van der Waals surface area contributed by atoms with Crippen LogP contribution in [0.1, 0.15) is 68.6 Å². The summed E-state index contributed by atoms with van der Waals surface area (Å²) < 4.78 is 12.7. The molecule has 0 saturated carbocycles. The topological polar surface area (TPSA) is 114 Å². The van der Waals surface area contributed by atoms with E-state index < -0.39 is 6.09 Å². The van der Waals surface area contributed by atoms with Gasteiger partial charge in [0.2, 0.25) is 0 Å². The van der Waals surface area contributed by atoms with Crippen LogP contribution in [-0.2, 0) is 12.0 Å². The molecule has 0 bridgehead atoms. The van der Waals surface area contributed by atoms with Crippen LogP contribution in [0.5, 0.6) is 11.6 Å². The summed E-state index contributed by atoms with van der Waals surface area (Å²) in [7, 11) is 3.79. The van der Waals surface area contributed by atoms with Crippen molar-refractivity contribution in [1.82, 2.24) is 30.1 Å². The molecule has 3 aromatic rings. The minimum Gasteiger partial charge on any atom is -0.494 e. The van der Waals surface area contributed by atoms with E-state index in [1.807, 2.05) is 39.8 Å². The van der Waals surface area contributed by atoms with Gasteiger partial charge in [-0.05, 0) is 54.1 Å². The zero-order valence-electron chi connectivity index (χ0n) is 27.6. The molecule has 0 radical (unpaired) electrons. The first-order chi connectivity index (χ1) is 20.6. The molecular formula is C33H47N7O4. The third-order valence-corrected chi connectivity index (χ3v) is 7.62. The van der Waals surface area contributed by atoms with E-state index in [2.05, 4.69) is 64.6 Å². The number of amides is 2. The second-order valence-corrected chi connectivity index (χ2v) is 13.8. The maximum absolute atomic E-state index is 13.7. The minimum atomic E-state index is -0.602. The van der Waals surface area contributed by atoms with Crippen molar-refractivity contribution in [2.75, 3.05) is 52.2 Å². The molecule has 1 aromatic heterocycles. The van der Waals surface area contributed by atoms with E-state index in [1.165, 1.54) is 10.9 Å². The number of methoxy groups -OCH3 is 1. The quantitative estimate of drug-likeness (QED) is 0.368. The number of nitrogens with zero attached hydrogens (tertiary/aromatic N) is 5. The molecule has 4 rings (SSSR count). The van der Waals surface area contributed by atoms with Gasteiger partial charge in [-0.15, -0.1) is 0 Å². The van der Waals surface area contributed by atoms with Gasteiger partial charge < -0.3 is 25.0 Å². The Kier molecular flexibility index (Phi) is 10.00. The number of anilines is 1. The summed E-state index contributed by atoms with van der Waals surface area (Å²) in [6.07, 6.45) is 0.913. The number of piperazine rings is 1. The van der Waals surface area contributed by atoms with Gasteiger partial charge in [0.15, 0.2) is 0 Å². The summed E-state index contributed by atoms with van der Waals surface area (Å²) in [6.45, 7) is 19.6. The first-order valence-corrected chi connectivity index (χ1v) is 15.1. The number of aryl methyl sites for hydroxylation is 1. The number of rotatable bonds is 8. The SMILES string of the molecule is COc1c(CN2CCN(C)CC2)cc(C(C)(C)C)cc1NC(=O)c1ccc(C)c(-n2cc(OC(=O)NCC(C)(C)C)nn2)c1. The van der Waals surface area contributed by atoms with Gasteiger partial charge in [0.1, 0.15) is 5.75 Å². The highest BCUT2D eigenvalue weighted by molar-refractivity contribution is 6.05. The van der Waals surface area contributed by atoms with Gasteiger partial charge in [0, 0.05) is 50.4 Å². The third kappa shape index (κ3) is 8.57. The fraction of sp³-hybridized carbons (Fsp3) is 0.515.